The van der Waals surface area contributed by atoms with Crippen LogP contribution >= 0.6 is 0 Å². The van der Waals surface area contributed by atoms with Gasteiger partial charge in [-0.2, -0.15) is 0 Å². The minimum absolute atomic E-state index is 0.187. The van der Waals surface area contributed by atoms with Crippen LogP contribution < -0.4 is 5.32 Å². The van der Waals surface area contributed by atoms with Gasteiger partial charge in [-0.15, -0.1) is 0 Å². The van der Waals surface area contributed by atoms with Crippen LogP contribution in [0.3, 0.4) is 0 Å². The fourth-order valence-corrected chi connectivity index (χ4v) is 1.34. The second-order valence-electron chi connectivity index (χ2n) is 4.72. The van der Waals surface area contributed by atoms with Crippen LogP contribution in [0.25, 0.3) is 5.57 Å². The molecule has 3 heteroatoms. The minimum atomic E-state index is -0.885. The van der Waals surface area contributed by atoms with E-state index in [-0.39, 0.29) is 12.5 Å². The molecule has 0 heterocycles. The van der Waals surface area contributed by atoms with E-state index in [1.54, 1.807) is 19.9 Å². The molecule has 2 N–H and O–H groups in total. The molecule has 17 heavy (non-hydrogen) atoms. The Balaban J connectivity index is 2.61. The number of hydrogen-bond acceptors (Lipinski definition) is 2. The Kier molecular flexibility index (Phi) is 4.46. The maximum Gasteiger partial charge on any atom is 0.244 e. The molecule has 0 aliphatic carbocycles. The van der Waals surface area contributed by atoms with E-state index in [0.717, 1.165) is 11.1 Å². The van der Waals surface area contributed by atoms with Crippen molar-refractivity contribution < 1.29 is 9.90 Å². The van der Waals surface area contributed by atoms with Gasteiger partial charge in [0.1, 0.15) is 0 Å². The number of benzene rings is 1. The van der Waals surface area contributed by atoms with Crippen LogP contribution in [0, 0.1) is 0 Å². The van der Waals surface area contributed by atoms with Crippen molar-refractivity contribution in [1.82, 2.24) is 5.32 Å². The van der Waals surface area contributed by atoms with Crippen LogP contribution in [-0.2, 0) is 4.79 Å². The maximum absolute atomic E-state index is 11.6. The molecule has 92 valence electrons. The lowest BCUT2D eigenvalue weighted by atomic mass is 10.1. The second kappa shape index (κ2) is 5.64. The van der Waals surface area contributed by atoms with E-state index in [1.165, 1.54) is 0 Å². The van der Waals surface area contributed by atoms with E-state index in [2.05, 4.69) is 5.32 Å². The maximum atomic E-state index is 11.6. The quantitative estimate of drug-likeness (QED) is 0.781. The van der Waals surface area contributed by atoms with Crippen molar-refractivity contribution in [2.24, 2.45) is 0 Å². The van der Waals surface area contributed by atoms with Crippen LogP contribution in [0.15, 0.2) is 36.4 Å². The molecule has 0 unspecified atom stereocenters. The standard InChI is InChI=1S/C14H19NO2/c1-11(12-7-5-4-6-8-12)9-13(16)15-10-14(2,3)17/h4-9,17H,10H2,1-3H3,(H,15,16)/b11-9+. The van der Waals surface area contributed by atoms with Crippen molar-refractivity contribution in [2.75, 3.05) is 6.54 Å². The molecule has 1 rings (SSSR count). The molecular weight excluding hydrogens is 214 g/mol. The highest BCUT2D eigenvalue weighted by Crippen LogP contribution is 2.12. The summed E-state index contributed by atoms with van der Waals surface area (Å²) in [6.45, 7) is 5.44. The third-order valence-electron chi connectivity index (χ3n) is 2.27. The molecule has 3 nitrogen and oxygen atoms in total. The topological polar surface area (TPSA) is 49.3 Å². The summed E-state index contributed by atoms with van der Waals surface area (Å²) in [6, 6.07) is 9.71. The van der Waals surface area contributed by atoms with Crippen molar-refractivity contribution in [1.29, 1.82) is 0 Å². The van der Waals surface area contributed by atoms with Gasteiger partial charge in [0, 0.05) is 12.6 Å². The zero-order valence-corrected chi connectivity index (χ0v) is 10.5. The normalized spacial score (nSPS) is 12.4. The molecule has 0 aliphatic rings. The fraction of sp³-hybridized carbons (Fsp3) is 0.357. The van der Waals surface area contributed by atoms with Crippen molar-refractivity contribution in [3.63, 3.8) is 0 Å². The smallest absolute Gasteiger partial charge is 0.244 e. The van der Waals surface area contributed by atoms with Crippen molar-refractivity contribution in [2.45, 2.75) is 26.4 Å². The number of aliphatic hydroxyl groups is 1. The van der Waals surface area contributed by atoms with Gasteiger partial charge in [-0.05, 0) is 31.9 Å². The highest BCUT2D eigenvalue weighted by molar-refractivity contribution is 5.94. The molecule has 0 atom stereocenters. The first-order valence-corrected chi connectivity index (χ1v) is 5.62. The Labute approximate surface area is 102 Å². The average molecular weight is 233 g/mol. The Morgan fingerprint density at radius 2 is 1.94 bits per heavy atom. The number of nitrogens with one attached hydrogen (secondary N) is 1. The highest BCUT2D eigenvalue weighted by atomic mass is 16.3. The molecule has 0 aromatic heterocycles. The third-order valence-corrected chi connectivity index (χ3v) is 2.27. The van der Waals surface area contributed by atoms with Crippen molar-refractivity contribution in [3.8, 4) is 0 Å². The number of allylic oxidation sites excluding steroid dienone is 1. The number of carbonyl (C=O) groups is 1. The molecule has 1 amide bonds. The second-order valence-corrected chi connectivity index (χ2v) is 4.72. The van der Waals surface area contributed by atoms with Gasteiger partial charge in [-0.1, -0.05) is 30.3 Å². The zero-order chi connectivity index (χ0) is 12.9. The third kappa shape index (κ3) is 5.31. The number of hydrogen-bond donors (Lipinski definition) is 2. The summed E-state index contributed by atoms with van der Waals surface area (Å²) in [6.07, 6.45) is 1.54. The van der Waals surface area contributed by atoms with Crippen LogP contribution in [0.4, 0.5) is 0 Å². The van der Waals surface area contributed by atoms with Crippen molar-refractivity contribution >= 4 is 11.5 Å². The molecule has 0 radical (unpaired) electrons. The van der Waals surface area contributed by atoms with E-state index < -0.39 is 5.60 Å². The van der Waals surface area contributed by atoms with E-state index in [9.17, 15) is 9.90 Å². The Bertz CT molecular complexity index is 402. The lowest BCUT2D eigenvalue weighted by Crippen LogP contribution is -2.37. The predicted octanol–water partition coefficient (Wildman–Crippen LogP) is 1.98. The summed E-state index contributed by atoms with van der Waals surface area (Å²) in [5.74, 6) is -0.187. The van der Waals surface area contributed by atoms with Crippen LogP contribution in [0.5, 0.6) is 0 Å². The van der Waals surface area contributed by atoms with E-state index >= 15 is 0 Å². The van der Waals surface area contributed by atoms with Gasteiger partial charge >= 0.3 is 0 Å². The molecule has 0 saturated heterocycles. The van der Waals surface area contributed by atoms with Gasteiger partial charge < -0.3 is 10.4 Å². The number of carbonyl (C=O) groups excluding carboxylic acids is 1. The molecule has 0 aliphatic heterocycles. The lowest BCUT2D eigenvalue weighted by molar-refractivity contribution is -0.117. The predicted molar refractivity (Wildman–Crippen MR) is 69.4 cm³/mol. The number of rotatable bonds is 4. The minimum Gasteiger partial charge on any atom is -0.389 e. The van der Waals surface area contributed by atoms with Gasteiger partial charge in [0.05, 0.1) is 5.60 Å². The summed E-state index contributed by atoms with van der Waals surface area (Å²) in [4.78, 5) is 11.6. The van der Waals surface area contributed by atoms with E-state index in [4.69, 9.17) is 0 Å². The van der Waals surface area contributed by atoms with Gasteiger partial charge in [0.25, 0.3) is 0 Å². The lowest BCUT2D eigenvalue weighted by Gasteiger charge is -2.16. The summed E-state index contributed by atoms with van der Waals surface area (Å²) in [5.41, 5.74) is 1.04. The van der Waals surface area contributed by atoms with E-state index in [1.807, 2.05) is 37.3 Å². The first kappa shape index (κ1) is 13.5. The molecule has 1 aromatic rings. The van der Waals surface area contributed by atoms with Crippen LogP contribution in [0.2, 0.25) is 0 Å². The Hall–Kier alpha value is -1.61. The summed E-state index contributed by atoms with van der Waals surface area (Å²) < 4.78 is 0. The first-order valence-electron chi connectivity index (χ1n) is 5.62. The summed E-state index contributed by atoms with van der Waals surface area (Å²) in [5, 5.41) is 12.1. The van der Waals surface area contributed by atoms with Gasteiger partial charge in [-0.25, -0.2) is 0 Å². The molecular formula is C14H19NO2. The summed E-state index contributed by atoms with van der Waals surface area (Å²) >= 11 is 0. The number of amides is 1. The largest absolute Gasteiger partial charge is 0.389 e. The molecule has 0 fully saturated rings. The zero-order valence-electron chi connectivity index (χ0n) is 10.5. The Morgan fingerprint density at radius 1 is 1.35 bits per heavy atom. The molecule has 0 spiro atoms. The van der Waals surface area contributed by atoms with E-state index in [0.29, 0.717) is 0 Å². The molecule has 0 bridgehead atoms. The van der Waals surface area contributed by atoms with Gasteiger partial charge in [-0.3, -0.25) is 4.79 Å². The molecule has 1 aromatic carbocycles. The first-order chi connectivity index (χ1) is 7.88. The van der Waals surface area contributed by atoms with Gasteiger partial charge in [0.2, 0.25) is 5.91 Å². The van der Waals surface area contributed by atoms with Crippen LogP contribution in [-0.4, -0.2) is 23.2 Å². The highest BCUT2D eigenvalue weighted by Gasteiger charge is 2.12. The summed E-state index contributed by atoms with van der Waals surface area (Å²) in [7, 11) is 0. The SMILES string of the molecule is C/C(=C\C(=O)NCC(C)(C)O)c1ccccc1. The average Bonchev–Trinajstić information content (AvgIpc) is 2.27. The van der Waals surface area contributed by atoms with Crippen molar-refractivity contribution in [3.05, 3.63) is 42.0 Å². The molecule has 0 saturated carbocycles. The Morgan fingerprint density at radius 3 is 2.47 bits per heavy atom. The fourth-order valence-electron chi connectivity index (χ4n) is 1.34. The van der Waals surface area contributed by atoms with Crippen LogP contribution in [0.1, 0.15) is 26.3 Å². The van der Waals surface area contributed by atoms with Gasteiger partial charge in [0.15, 0.2) is 0 Å². The monoisotopic (exact) mass is 233 g/mol.